The Bertz CT molecular complexity index is 1440. The fraction of sp³-hybridized carbons (Fsp3) is 0.433. The highest BCUT2D eigenvalue weighted by molar-refractivity contribution is 5.73. The van der Waals surface area contributed by atoms with Gasteiger partial charge in [-0.15, -0.1) is 0 Å². The monoisotopic (exact) mass is 643 g/mol. The molecule has 0 aliphatic carbocycles. The Hall–Kier alpha value is -4.14. The molecule has 2 aliphatic heterocycles. The summed E-state index contributed by atoms with van der Waals surface area (Å²) >= 11 is 0. The first-order chi connectivity index (χ1) is 21.3. The zero-order valence-electron chi connectivity index (χ0n) is 24.2. The van der Waals surface area contributed by atoms with Gasteiger partial charge >= 0.3 is 12.1 Å². The van der Waals surface area contributed by atoms with E-state index in [1.54, 1.807) is 0 Å². The van der Waals surface area contributed by atoms with Gasteiger partial charge in [-0.25, -0.2) is 32.3 Å². The van der Waals surface area contributed by atoms with Crippen LogP contribution in [0.25, 0.3) is 0 Å². The highest BCUT2D eigenvalue weighted by Crippen LogP contribution is 2.34. The minimum atomic E-state index is -5.08. The average molecular weight is 644 g/mol. The Labute approximate surface area is 254 Å². The second-order valence-corrected chi connectivity index (χ2v) is 10.6. The molecule has 45 heavy (non-hydrogen) atoms. The van der Waals surface area contributed by atoms with Crippen LogP contribution in [-0.2, 0) is 17.8 Å². The largest absolute Gasteiger partial charge is 0.490 e. The molecule has 3 heterocycles. The molecule has 15 heteroatoms. The summed E-state index contributed by atoms with van der Waals surface area (Å²) in [6.07, 6.45) is -6.04. The Balaban J connectivity index is 0.000000591. The third-order valence-electron chi connectivity index (χ3n) is 7.38. The smallest absolute Gasteiger partial charge is 0.487 e. The summed E-state index contributed by atoms with van der Waals surface area (Å²) in [7, 11) is 0. The third kappa shape index (κ3) is 9.19. The predicted octanol–water partition coefficient (Wildman–Crippen LogP) is 6.23. The van der Waals surface area contributed by atoms with Crippen LogP contribution in [0.2, 0.25) is 0 Å². The molecular weight excluding hydrogens is 611 g/mol. The van der Waals surface area contributed by atoms with E-state index in [4.69, 9.17) is 24.6 Å². The number of piperidine rings is 1. The van der Waals surface area contributed by atoms with Crippen LogP contribution in [0.5, 0.6) is 5.75 Å². The lowest BCUT2D eigenvalue weighted by Gasteiger charge is -2.37. The van der Waals surface area contributed by atoms with Gasteiger partial charge < -0.3 is 20.1 Å². The molecule has 3 aromatic rings. The normalized spacial score (nSPS) is 17.4. The van der Waals surface area contributed by atoms with Gasteiger partial charge in [0.25, 0.3) is 6.43 Å². The number of ether oxygens (including phenoxy) is 1. The molecule has 1 fully saturated rings. The molecule has 1 saturated heterocycles. The lowest BCUT2D eigenvalue weighted by atomic mass is 10.0. The van der Waals surface area contributed by atoms with Crippen LogP contribution in [0, 0.1) is 11.6 Å². The van der Waals surface area contributed by atoms with E-state index in [1.807, 2.05) is 23.1 Å². The molecule has 1 aromatic heterocycles. The first-order valence-corrected chi connectivity index (χ1v) is 14.2. The quantitative estimate of drug-likeness (QED) is 0.279. The number of fused-ring (bicyclic) bond motifs is 1. The standard InChI is InChI=1S/C28H31F4N5O.C2HF3O2/c1-18-26-23(11-14-37(18)17-19-5-3-2-4-6-19)34-27(33-16-25(31)32)28(35-26)36-12-9-21(10-13-36)38-24-8-7-20(29)15-22(24)30;3-2(4,5)1(6)7/h2-8,15,18,21,25H,9-14,16-17H2,1H3,(H,33,34);(H,6,7). The second-order valence-electron chi connectivity index (χ2n) is 10.6. The average Bonchev–Trinajstić information content (AvgIpc) is 2.99. The number of nitrogens with zero attached hydrogens (tertiary/aromatic N) is 4. The Morgan fingerprint density at radius 1 is 1.07 bits per heavy atom. The van der Waals surface area contributed by atoms with E-state index in [9.17, 15) is 30.7 Å². The van der Waals surface area contributed by atoms with Crippen LogP contribution in [-0.4, -0.2) is 70.8 Å². The second kappa shape index (κ2) is 14.8. The van der Waals surface area contributed by atoms with E-state index in [0.29, 0.717) is 44.0 Å². The van der Waals surface area contributed by atoms with Crippen molar-refractivity contribution in [3.63, 3.8) is 0 Å². The number of carboxylic acid groups (broad SMARTS) is 1. The van der Waals surface area contributed by atoms with Crippen molar-refractivity contribution in [1.29, 1.82) is 0 Å². The molecule has 2 N–H and O–H groups in total. The van der Waals surface area contributed by atoms with E-state index < -0.39 is 36.8 Å². The topological polar surface area (TPSA) is 90.8 Å². The molecule has 0 radical (unpaired) electrons. The fourth-order valence-corrected chi connectivity index (χ4v) is 5.09. The van der Waals surface area contributed by atoms with Gasteiger partial charge in [0.1, 0.15) is 11.9 Å². The van der Waals surface area contributed by atoms with Crippen LogP contribution in [0.4, 0.5) is 42.4 Å². The van der Waals surface area contributed by atoms with Crippen molar-refractivity contribution in [2.75, 3.05) is 36.4 Å². The molecule has 1 unspecified atom stereocenters. The summed E-state index contributed by atoms with van der Waals surface area (Å²) in [5.41, 5.74) is 2.90. The van der Waals surface area contributed by atoms with Crippen molar-refractivity contribution < 1.29 is 45.4 Å². The van der Waals surface area contributed by atoms with Gasteiger partial charge in [0.2, 0.25) is 0 Å². The molecular formula is C30H32F7N5O3. The number of aromatic nitrogens is 2. The fourth-order valence-electron chi connectivity index (χ4n) is 5.09. The Morgan fingerprint density at radius 3 is 2.33 bits per heavy atom. The number of aliphatic carboxylic acids is 1. The van der Waals surface area contributed by atoms with Gasteiger partial charge in [-0.3, -0.25) is 4.90 Å². The van der Waals surface area contributed by atoms with Crippen molar-refractivity contribution in [1.82, 2.24) is 14.9 Å². The molecule has 2 aromatic carbocycles. The predicted molar refractivity (Wildman–Crippen MR) is 151 cm³/mol. The molecule has 5 rings (SSSR count). The van der Waals surface area contributed by atoms with Gasteiger partial charge in [0.15, 0.2) is 23.2 Å². The Kier molecular flexibility index (Phi) is 11.1. The molecule has 2 aliphatic rings. The highest BCUT2D eigenvalue weighted by atomic mass is 19.4. The number of benzene rings is 2. The van der Waals surface area contributed by atoms with Crippen LogP contribution >= 0.6 is 0 Å². The summed E-state index contributed by atoms with van der Waals surface area (Å²) in [6.45, 7) is 4.24. The molecule has 0 amide bonds. The number of hydrogen-bond donors (Lipinski definition) is 2. The first-order valence-electron chi connectivity index (χ1n) is 14.2. The molecule has 0 bridgehead atoms. The summed E-state index contributed by atoms with van der Waals surface area (Å²) < 4.78 is 90.9. The van der Waals surface area contributed by atoms with E-state index >= 15 is 0 Å². The number of halogens is 7. The molecule has 0 saturated carbocycles. The molecule has 244 valence electrons. The SMILES string of the molecule is CC1c2nc(N3CCC(Oc4ccc(F)cc4F)CC3)c(NCC(F)F)nc2CCN1Cc1ccccc1.O=C(O)C(F)(F)F. The van der Waals surface area contributed by atoms with Gasteiger partial charge in [-0.05, 0) is 24.6 Å². The number of rotatable bonds is 8. The number of alkyl halides is 5. The maximum absolute atomic E-state index is 14.0. The van der Waals surface area contributed by atoms with Crippen LogP contribution in [0.3, 0.4) is 0 Å². The number of anilines is 2. The number of carboxylic acids is 1. The number of nitrogens with one attached hydrogen (secondary N) is 1. The lowest BCUT2D eigenvalue weighted by molar-refractivity contribution is -0.192. The maximum Gasteiger partial charge on any atom is 0.490 e. The van der Waals surface area contributed by atoms with Crippen molar-refractivity contribution >= 4 is 17.6 Å². The van der Waals surface area contributed by atoms with Crippen molar-refractivity contribution in [2.45, 2.75) is 57.5 Å². The summed E-state index contributed by atoms with van der Waals surface area (Å²) in [4.78, 5) is 23.0. The van der Waals surface area contributed by atoms with E-state index in [-0.39, 0.29) is 17.9 Å². The zero-order valence-corrected chi connectivity index (χ0v) is 24.2. The minimum Gasteiger partial charge on any atom is -0.487 e. The van der Waals surface area contributed by atoms with E-state index in [2.05, 4.69) is 29.3 Å². The number of carbonyl (C=O) groups is 1. The Morgan fingerprint density at radius 2 is 1.73 bits per heavy atom. The first kappa shape index (κ1) is 33.7. The van der Waals surface area contributed by atoms with Crippen molar-refractivity contribution in [3.8, 4) is 5.75 Å². The van der Waals surface area contributed by atoms with Crippen molar-refractivity contribution in [2.24, 2.45) is 0 Å². The van der Waals surface area contributed by atoms with Gasteiger partial charge in [-0.1, -0.05) is 30.3 Å². The van der Waals surface area contributed by atoms with Gasteiger partial charge in [0.05, 0.1) is 24.0 Å². The lowest BCUT2D eigenvalue weighted by Crippen LogP contribution is -2.40. The molecule has 0 spiro atoms. The van der Waals surface area contributed by atoms with Crippen molar-refractivity contribution in [3.05, 3.63) is 77.1 Å². The van der Waals surface area contributed by atoms with E-state index in [1.165, 1.54) is 17.7 Å². The maximum atomic E-state index is 14.0. The van der Waals surface area contributed by atoms with Gasteiger partial charge in [0, 0.05) is 51.5 Å². The van der Waals surface area contributed by atoms with Crippen LogP contribution in [0.15, 0.2) is 48.5 Å². The molecule has 8 nitrogen and oxygen atoms in total. The summed E-state index contributed by atoms with van der Waals surface area (Å²) in [5.74, 6) is -3.23. The zero-order chi connectivity index (χ0) is 32.7. The summed E-state index contributed by atoms with van der Waals surface area (Å²) in [5, 5.41) is 9.92. The third-order valence-corrected chi connectivity index (χ3v) is 7.38. The minimum absolute atomic E-state index is 0.0108. The summed E-state index contributed by atoms with van der Waals surface area (Å²) in [6, 6.07) is 13.5. The molecule has 1 atom stereocenters. The van der Waals surface area contributed by atoms with Crippen LogP contribution < -0.4 is 15.0 Å². The number of hydrogen-bond acceptors (Lipinski definition) is 7. The van der Waals surface area contributed by atoms with Crippen LogP contribution in [0.1, 0.15) is 42.8 Å². The van der Waals surface area contributed by atoms with E-state index in [0.717, 1.165) is 30.5 Å². The van der Waals surface area contributed by atoms with Gasteiger partial charge in [-0.2, -0.15) is 13.2 Å². The highest BCUT2D eigenvalue weighted by Gasteiger charge is 2.38.